The van der Waals surface area contributed by atoms with Gasteiger partial charge in [0.25, 0.3) is 0 Å². The fourth-order valence-electron chi connectivity index (χ4n) is 2.42. The van der Waals surface area contributed by atoms with Gasteiger partial charge in [-0.05, 0) is 24.5 Å². The molecule has 4 heteroatoms. The minimum absolute atomic E-state index is 0.306. The maximum atomic E-state index is 9.85. The van der Waals surface area contributed by atoms with Crippen LogP contribution in [-0.4, -0.2) is 29.8 Å². The predicted molar refractivity (Wildman–Crippen MR) is 85.5 cm³/mol. The first kappa shape index (κ1) is 15.7. The zero-order chi connectivity index (χ0) is 15.2. The average Bonchev–Trinajstić information content (AvgIpc) is 2.45. The van der Waals surface area contributed by atoms with E-state index in [4.69, 9.17) is 4.74 Å². The van der Waals surface area contributed by atoms with Crippen LogP contribution in [0.2, 0.25) is 0 Å². The molecule has 2 N–H and O–H groups in total. The van der Waals surface area contributed by atoms with Crippen molar-refractivity contribution in [2.75, 3.05) is 13.7 Å². The van der Waals surface area contributed by atoms with Gasteiger partial charge in [-0.2, -0.15) is 0 Å². The summed E-state index contributed by atoms with van der Waals surface area (Å²) in [5.41, 5.74) is 1.82. The van der Waals surface area contributed by atoms with E-state index in [2.05, 4.69) is 24.1 Å². The third kappa shape index (κ3) is 4.41. The number of ether oxygens (including phenoxy) is 1. The van der Waals surface area contributed by atoms with Crippen LogP contribution in [0.15, 0.2) is 30.3 Å². The maximum Gasteiger partial charge on any atom is 0.145 e. The summed E-state index contributed by atoms with van der Waals surface area (Å²) in [4.78, 5) is 4.63. The summed E-state index contributed by atoms with van der Waals surface area (Å²) in [6, 6.07) is 9.95. The van der Waals surface area contributed by atoms with Crippen molar-refractivity contribution < 1.29 is 9.84 Å². The lowest BCUT2D eigenvalue weighted by Gasteiger charge is -2.14. The summed E-state index contributed by atoms with van der Waals surface area (Å²) in [7, 11) is 1.66. The van der Waals surface area contributed by atoms with Gasteiger partial charge in [-0.1, -0.05) is 32.0 Å². The van der Waals surface area contributed by atoms with Crippen molar-refractivity contribution in [1.29, 1.82) is 0 Å². The number of nitrogens with one attached hydrogen (secondary N) is 1. The molecule has 1 aromatic heterocycles. The first-order valence-electron chi connectivity index (χ1n) is 7.41. The normalized spacial score (nSPS) is 12.8. The minimum atomic E-state index is -0.306. The second-order valence-electron chi connectivity index (χ2n) is 5.75. The molecule has 2 rings (SSSR count). The number of methoxy groups -OCH3 is 1. The second-order valence-corrected chi connectivity index (χ2v) is 5.75. The van der Waals surface area contributed by atoms with E-state index in [1.54, 1.807) is 7.11 Å². The highest BCUT2D eigenvalue weighted by molar-refractivity contribution is 5.84. The number of aromatic nitrogens is 1. The standard InChI is InChI=1S/C17H24N2O2/c1-12(2)9-15(20)11-18-10-14-8-7-13-5-4-6-16(21-3)17(13)19-14/h4-8,12,15,18,20H,9-11H2,1-3H3. The van der Waals surface area contributed by atoms with Gasteiger partial charge in [-0.15, -0.1) is 0 Å². The highest BCUT2D eigenvalue weighted by atomic mass is 16.5. The maximum absolute atomic E-state index is 9.85. The monoisotopic (exact) mass is 288 g/mol. The molecule has 114 valence electrons. The van der Waals surface area contributed by atoms with Crippen LogP contribution in [0.25, 0.3) is 10.9 Å². The Morgan fingerprint density at radius 1 is 1.24 bits per heavy atom. The lowest BCUT2D eigenvalue weighted by atomic mass is 10.1. The Morgan fingerprint density at radius 2 is 2.05 bits per heavy atom. The molecular weight excluding hydrogens is 264 g/mol. The van der Waals surface area contributed by atoms with Crippen molar-refractivity contribution in [3.63, 3.8) is 0 Å². The van der Waals surface area contributed by atoms with Crippen LogP contribution in [0.3, 0.4) is 0 Å². The number of benzene rings is 1. The molecule has 0 aliphatic rings. The Hall–Kier alpha value is -1.65. The molecule has 0 aliphatic heterocycles. The largest absolute Gasteiger partial charge is 0.494 e. The van der Waals surface area contributed by atoms with Crippen molar-refractivity contribution in [2.45, 2.75) is 32.9 Å². The van der Waals surface area contributed by atoms with Gasteiger partial charge in [0.05, 0.1) is 18.9 Å². The topological polar surface area (TPSA) is 54.4 Å². The molecule has 0 spiro atoms. The van der Waals surface area contributed by atoms with E-state index in [0.29, 0.717) is 19.0 Å². The second kappa shape index (κ2) is 7.38. The Balaban J connectivity index is 1.99. The summed E-state index contributed by atoms with van der Waals surface area (Å²) in [5.74, 6) is 1.29. The predicted octanol–water partition coefficient (Wildman–Crippen LogP) is 2.74. The van der Waals surface area contributed by atoms with Crippen LogP contribution in [-0.2, 0) is 6.54 Å². The van der Waals surface area contributed by atoms with Crippen molar-refractivity contribution in [3.05, 3.63) is 36.0 Å². The number of rotatable bonds is 7. The van der Waals surface area contributed by atoms with E-state index >= 15 is 0 Å². The fraction of sp³-hybridized carbons (Fsp3) is 0.471. The van der Waals surface area contributed by atoms with Crippen LogP contribution in [0.4, 0.5) is 0 Å². The minimum Gasteiger partial charge on any atom is -0.494 e. The van der Waals surface area contributed by atoms with Crippen molar-refractivity contribution in [1.82, 2.24) is 10.3 Å². The van der Waals surface area contributed by atoms with Crippen molar-refractivity contribution in [2.24, 2.45) is 5.92 Å². The molecule has 2 aromatic rings. The molecule has 0 saturated carbocycles. The molecule has 0 bridgehead atoms. The van der Waals surface area contributed by atoms with Gasteiger partial charge in [0, 0.05) is 18.5 Å². The molecule has 1 heterocycles. The Kier molecular flexibility index (Phi) is 5.53. The van der Waals surface area contributed by atoms with Crippen LogP contribution in [0.5, 0.6) is 5.75 Å². The highest BCUT2D eigenvalue weighted by Crippen LogP contribution is 2.23. The number of pyridine rings is 1. The molecule has 1 atom stereocenters. The molecule has 0 amide bonds. The lowest BCUT2D eigenvalue weighted by Crippen LogP contribution is -2.27. The zero-order valence-corrected chi connectivity index (χ0v) is 13.0. The van der Waals surface area contributed by atoms with E-state index in [9.17, 15) is 5.11 Å². The Morgan fingerprint density at radius 3 is 2.76 bits per heavy atom. The van der Waals surface area contributed by atoms with E-state index in [1.807, 2.05) is 30.3 Å². The highest BCUT2D eigenvalue weighted by Gasteiger charge is 2.07. The lowest BCUT2D eigenvalue weighted by molar-refractivity contribution is 0.146. The molecule has 0 saturated heterocycles. The SMILES string of the molecule is COc1cccc2ccc(CNCC(O)CC(C)C)nc12. The molecule has 1 aromatic carbocycles. The van der Waals surface area contributed by atoms with Crippen molar-refractivity contribution >= 4 is 10.9 Å². The molecular formula is C17H24N2O2. The molecule has 0 aliphatic carbocycles. The van der Waals surface area contributed by atoms with Gasteiger partial charge in [0.15, 0.2) is 0 Å². The van der Waals surface area contributed by atoms with Crippen LogP contribution in [0.1, 0.15) is 26.0 Å². The fourth-order valence-corrected chi connectivity index (χ4v) is 2.42. The van der Waals surface area contributed by atoms with Crippen molar-refractivity contribution in [3.8, 4) is 5.75 Å². The van der Waals surface area contributed by atoms with Gasteiger partial charge in [0.2, 0.25) is 0 Å². The van der Waals surface area contributed by atoms with Crippen LogP contribution >= 0.6 is 0 Å². The summed E-state index contributed by atoms with van der Waals surface area (Å²) in [6.07, 6.45) is 0.506. The van der Waals surface area contributed by atoms with Gasteiger partial charge < -0.3 is 15.2 Å². The van der Waals surface area contributed by atoms with E-state index in [-0.39, 0.29) is 6.10 Å². The third-order valence-corrected chi connectivity index (χ3v) is 3.39. The average molecular weight is 288 g/mol. The first-order valence-corrected chi connectivity index (χ1v) is 7.41. The number of hydrogen-bond donors (Lipinski definition) is 2. The Bertz CT molecular complexity index is 584. The quantitative estimate of drug-likeness (QED) is 0.822. The molecule has 0 radical (unpaired) electrons. The van der Waals surface area contributed by atoms with Gasteiger partial charge in [-0.3, -0.25) is 0 Å². The van der Waals surface area contributed by atoms with Crippen LogP contribution in [0, 0.1) is 5.92 Å². The molecule has 1 unspecified atom stereocenters. The van der Waals surface area contributed by atoms with Gasteiger partial charge in [-0.25, -0.2) is 4.98 Å². The van der Waals surface area contributed by atoms with E-state index in [1.165, 1.54) is 0 Å². The summed E-state index contributed by atoms with van der Waals surface area (Å²) in [6.45, 7) is 5.45. The third-order valence-electron chi connectivity index (χ3n) is 3.39. The first-order chi connectivity index (χ1) is 10.1. The number of aliphatic hydroxyl groups excluding tert-OH is 1. The van der Waals surface area contributed by atoms with Gasteiger partial charge in [0.1, 0.15) is 11.3 Å². The Labute approximate surface area is 126 Å². The number of para-hydroxylation sites is 1. The number of aliphatic hydroxyl groups is 1. The number of fused-ring (bicyclic) bond motifs is 1. The molecule has 4 nitrogen and oxygen atoms in total. The van der Waals surface area contributed by atoms with E-state index < -0.39 is 0 Å². The molecule has 0 fully saturated rings. The number of nitrogens with zero attached hydrogens (tertiary/aromatic N) is 1. The van der Waals surface area contributed by atoms with E-state index in [0.717, 1.165) is 28.8 Å². The summed E-state index contributed by atoms with van der Waals surface area (Å²) < 4.78 is 5.35. The summed E-state index contributed by atoms with van der Waals surface area (Å²) in [5, 5.41) is 14.2. The smallest absolute Gasteiger partial charge is 0.145 e. The van der Waals surface area contributed by atoms with Crippen LogP contribution < -0.4 is 10.1 Å². The molecule has 21 heavy (non-hydrogen) atoms. The number of hydrogen-bond acceptors (Lipinski definition) is 4. The summed E-state index contributed by atoms with van der Waals surface area (Å²) >= 11 is 0. The van der Waals surface area contributed by atoms with Gasteiger partial charge >= 0.3 is 0 Å². The zero-order valence-electron chi connectivity index (χ0n) is 13.0.